The van der Waals surface area contributed by atoms with Crippen LogP contribution in [0.5, 0.6) is 5.75 Å². The normalized spacial score (nSPS) is 10.8. The fourth-order valence-electron chi connectivity index (χ4n) is 3.15. The molecule has 1 aromatic heterocycles. The second kappa shape index (κ2) is 7.00. The molecule has 0 aliphatic carbocycles. The van der Waals surface area contributed by atoms with Crippen LogP contribution in [0.4, 0.5) is 10.2 Å². The van der Waals surface area contributed by atoms with Crippen LogP contribution < -0.4 is 9.64 Å². The number of nitrogens with zero attached hydrogens (tertiary/aromatic N) is 2. The predicted molar refractivity (Wildman–Crippen MR) is 99.3 cm³/mol. The van der Waals surface area contributed by atoms with Crippen LogP contribution in [0.1, 0.15) is 5.69 Å². The van der Waals surface area contributed by atoms with Gasteiger partial charge >= 0.3 is 5.97 Å². The van der Waals surface area contributed by atoms with Crippen LogP contribution >= 0.6 is 0 Å². The molecule has 134 valence electrons. The van der Waals surface area contributed by atoms with Crippen molar-refractivity contribution >= 4 is 22.6 Å². The van der Waals surface area contributed by atoms with E-state index in [9.17, 15) is 9.18 Å². The van der Waals surface area contributed by atoms with Gasteiger partial charge in [-0.3, -0.25) is 4.79 Å². The van der Waals surface area contributed by atoms with Crippen LogP contribution in [0.2, 0.25) is 0 Å². The van der Waals surface area contributed by atoms with Gasteiger partial charge in [0.25, 0.3) is 0 Å². The maximum atomic E-state index is 13.9. The average Bonchev–Trinajstić information content (AvgIpc) is 2.60. The van der Waals surface area contributed by atoms with Gasteiger partial charge in [0.1, 0.15) is 23.9 Å². The topological polar surface area (TPSA) is 62.7 Å². The van der Waals surface area contributed by atoms with Crippen molar-refractivity contribution in [1.82, 2.24) is 4.98 Å². The molecule has 6 heteroatoms. The number of carboxylic acid groups (broad SMARTS) is 1. The zero-order valence-electron chi connectivity index (χ0n) is 14.8. The lowest BCUT2D eigenvalue weighted by Crippen LogP contribution is -2.26. The van der Waals surface area contributed by atoms with E-state index in [1.807, 2.05) is 31.2 Å². The minimum atomic E-state index is -0.938. The van der Waals surface area contributed by atoms with Gasteiger partial charge in [-0.1, -0.05) is 24.3 Å². The quantitative estimate of drug-likeness (QED) is 0.753. The fraction of sp³-hybridized carbons (Fsp3) is 0.200. The highest BCUT2D eigenvalue weighted by Crippen LogP contribution is 2.39. The molecule has 2 aromatic carbocycles. The minimum absolute atomic E-state index is 0.168. The van der Waals surface area contributed by atoms with Crippen molar-refractivity contribution in [2.24, 2.45) is 0 Å². The van der Waals surface area contributed by atoms with E-state index in [-0.39, 0.29) is 12.4 Å². The number of carboxylic acids is 1. The molecule has 0 spiro atoms. The summed E-state index contributed by atoms with van der Waals surface area (Å²) in [6.45, 7) is 1.66. The first-order chi connectivity index (χ1) is 12.4. The van der Waals surface area contributed by atoms with E-state index in [0.29, 0.717) is 22.8 Å². The molecular formula is C20H19FN2O3. The Morgan fingerprint density at radius 2 is 1.92 bits per heavy atom. The third-order valence-electron chi connectivity index (χ3n) is 4.24. The second-order valence-corrected chi connectivity index (χ2v) is 6.04. The molecular weight excluding hydrogens is 335 g/mol. The Morgan fingerprint density at radius 3 is 2.58 bits per heavy atom. The SMILES string of the molecule is COc1ccc(F)cc1-c1c(C)nc(N(C)CC(=O)O)c2ccccc12. The molecule has 3 rings (SSSR count). The number of hydrogen-bond acceptors (Lipinski definition) is 4. The van der Waals surface area contributed by atoms with Crippen molar-refractivity contribution in [1.29, 1.82) is 0 Å². The number of carbonyl (C=O) groups is 1. The Kier molecular flexibility index (Phi) is 4.75. The number of aliphatic carboxylic acids is 1. The standard InChI is InChI=1S/C20H19FN2O3/c1-12-19(16-10-13(21)8-9-17(16)26-3)14-6-4-5-7-15(14)20(22-12)23(2)11-18(24)25/h4-10H,11H2,1-3H3,(H,24,25). The van der Waals surface area contributed by atoms with Gasteiger partial charge in [0.15, 0.2) is 0 Å². The lowest BCUT2D eigenvalue weighted by Gasteiger charge is -2.21. The van der Waals surface area contributed by atoms with Gasteiger partial charge in [0, 0.05) is 29.3 Å². The number of likely N-dealkylation sites (N-methyl/N-ethyl adjacent to an activating group) is 1. The van der Waals surface area contributed by atoms with Gasteiger partial charge in [-0.15, -0.1) is 0 Å². The van der Waals surface area contributed by atoms with Crippen LogP contribution in [0.15, 0.2) is 42.5 Å². The van der Waals surface area contributed by atoms with E-state index in [1.165, 1.54) is 19.2 Å². The Morgan fingerprint density at radius 1 is 1.23 bits per heavy atom. The highest BCUT2D eigenvalue weighted by molar-refractivity contribution is 6.04. The number of aryl methyl sites for hydroxylation is 1. The summed E-state index contributed by atoms with van der Waals surface area (Å²) in [5.74, 6) is -0.184. The van der Waals surface area contributed by atoms with E-state index >= 15 is 0 Å². The smallest absolute Gasteiger partial charge is 0.323 e. The molecule has 1 N–H and O–H groups in total. The first kappa shape index (κ1) is 17.7. The van der Waals surface area contributed by atoms with Gasteiger partial charge in [-0.2, -0.15) is 0 Å². The first-order valence-corrected chi connectivity index (χ1v) is 8.08. The van der Waals surface area contributed by atoms with E-state index in [0.717, 1.165) is 16.3 Å². The molecule has 3 aromatic rings. The monoisotopic (exact) mass is 354 g/mol. The molecule has 5 nitrogen and oxygen atoms in total. The number of rotatable bonds is 5. The van der Waals surface area contributed by atoms with Crippen LogP contribution in [0.3, 0.4) is 0 Å². The van der Waals surface area contributed by atoms with Crippen molar-refractivity contribution < 1.29 is 19.0 Å². The van der Waals surface area contributed by atoms with Crippen LogP contribution in [-0.2, 0) is 4.79 Å². The minimum Gasteiger partial charge on any atom is -0.496 e. The number of anilines is 1. The van der Waals surface area contributed by atoms with Gasteiger partial charge in [-0.05, 0) is 30.5 Å². The molecule has 0 radical (unpaired) electrons. The third-order valence-corrected chi connectivity index (χ3v) is 4.24. The molecule has 0 saturated carbocycles. The summed E-state index contributed by atoms with van der Waals surface area (Å²) in [6, 6.07) is 11.9. The average molecular weight is 354 g/mol. The number of halogens is 1. The van der Waals surface area contributed by atoms with Crippen molar-refractivity contribution in [2.45, 2.75) is 6.92 Å². The Labute approximate surface area is 150 Å². The van der Waals surface area contributed by atoms with Crippen molar-refractivity contribution in [3.05, 3.63) is 54.0 Å². The van der Waals surface area contributed by atoms with Gasteiger partial charge < -0.3 is 14.7 Å². The van der Waals surface area contributed by atoms with E-state index in [1.54, 1.807) is 18.0 Å². The number of methoxy groups -OCH3 is 1. The van der Waals surface area contributed by atoms with Crippen molar-refractivity contribution in [2.75, 3.05) is 25.6 Å². The first-order valence-electron chi connectivity index (χ1n) is 8.08. The predicted octanol–water partition coefficient (Wildman–Crippen LogP) is 3.88. The van der Waals surface area contributed by atoms with Crippen LogP contribution in [0, 0.1) is 12.7 Å². The highest BCUT2D eigenvalue weighted by atomic mass is 19.1. The third kappa shape index (κ3) is 3.18. The summed E-state index contributed by atoms with van der Waals surface area (Å²) in [5.41, 5.74) is 2.05. The van der Waals surface area contributed by atoms with Gasteiger partial charge in [0.2, 0.25) is 0 Å². The molecule has 0 amide bonds. The molecule has 0 aliphatic heterocycles. The number of hydrogen-bond donors (Lipinski definition) is 1. The highest BCUT2D eigenvalue weighted by Gasteiger charge is 2.19. The summed E-state index contributed by atoms with van der Waals surface area (Å²) in [4.78, 5) is 17.3. The molecule has 0 fully saturated rings. The molecule has 0 saturated heterocycles. The Hall–Kier alpha value is -3.15. The molecule has 0 atom stereocenters. The molecule has 1 heterocycles. The number of ether oxygens (including phenoxy) is 1. The Balaban J connectivity index is 2.31. The van der Waals surface area contributed by atoms with Crippen LogP contribution in [-0.4, -0.2) is 36.8 Å². The maximum Gasteiger partial charge on any atom is 0.323 e. The number of fused-ring (bicyclic) bond motifs is 1. The van der Waals surface area contributed by atoms with Gasteiger partial charge in [0.05, 0.1) is 7.11 Å². The van der Waals surface area contributed by atoms with Gasteiger partial charge in [-0.25, -0.2) is 9.37 Å². The van der Waals surface area contributed by atoms with E-state index in [2.05, 4.69) is 4.98 Å². The summed E-state index contributed by atoms with van der Waals surface area (Å²) in [5, 5.41) is 10.7. The summed E-state index contributed by atoms with van der Waals surface area (Å²) < 4.78 is 19.3. The summed E-state index contributed by atoms with van der Waals surface area (Å²) in [7, 11) is 3.22. The fourth-order valence-corrected chi connectivity index (χ4v) is 3.15. The zero-order chi connectivity index (χ0) is 18.8. The second-order valence-electron chi connectivity index (χ2n) is 6.04. The Bertz CT molecular complexity index is 988. The summed E-state index contributed by atoms with van der Waals surface area (Å²) in [6.07, 6.45) is 0. The lowest BCUT2D eigenvalue weighted by molar-refractivity contribution is -0.135. The van der Waals surface area contributed by atoms with Crippen molar-refractivity contribution in [3.8, 4) is 16.9 Å². The number of aromatic nitrogens is 1. The van der Waals surface area contributed by atoms with E-state index < -0.39 is 5.97 Å². The number of benzene rings is 2. The summed E-state index contributed by atoms with van der Waals surface area (Å²) >= 11 is 0. The lowest BCUT2D eigenvalue weighted by atomic mass is 9.96. The number of pyridine rings is 1. The maximum absolute atomic E-state index is 13.9. The largest absolute Gasteiger partial charge is 0.496 e. The molecule has 0 aliphatic rings. The zero-order valence-corrected chi connectivity index (χ0v) is 14.8. The van der Waals surface area contributed by atoms with Crippen LogP contribution in [0.25, 0.3) is 21.9 Å². The molecule has 0 bridgehead atoms. The molecule has 0 unspecified atom stereocenters. The molecule has 26 heavy (non-hydrogen) atoms. The van der Waals surface area contributed by atoms with E-state index in [4.69, 9.17) is 9.84 Å². The van der Waals surface area contributed by atoms with Crippen molar-refractivity contribution in [3.63, 3.8) is 0 Å².